The van der Waals surface area contributed by atoms with Crippen LogP contribution in [0.5, 0.6) is 0 Å². The highest BCUT2D eigenvalue weighted by Gasteiger charge is 2.44. The van der Waals surface area contributed by atoms with Gasteiger partial charge in [-0.3, -0.25) is 4.79 Å². The molecule has 0 aromatic carbocycles. The zero-order chi connectivity index (χ0) is 50.6. The van der Waals surface area contributed by atoms with Gasteiger partial charge in [0.1, 0.15) is 30.5 Å². The third-order valence-electron chi connectivity index (χ3n) is 12.2. The Bertz CT molecular complexity index is 1440. The highest BCUT2D eigenvalue weighted by Crippen LogP contribution is 2.23. The van der Waals surface area contributed by atoms with Crippen LogP contribution in [0.2, 0.25) is 0 Å². The number of esters is 1. The molecule has 6 unspecified atom stereocenters. The van der Waals surface area contributed by atoms with E-state index in [0.717, 1.165) is 83.5 Å². The van der Waals surface area contributed by atoms with Crippen molar-refractivity contribution in [1.29, 1.82) is 0 Å². The Morgan fingerprint density at radius 3 is 1.31 bits per heavy atom. The molecule has 0 bridgehead atoms. The van der Waals surface area contributed by atoms with Crippen molar-refractivity contribution in [2.45, 2.75) is 243 Å². The van der Waals surface area contributed by atoms with Gasteiger partial charge in [-0.15, -0.1) is 0 Å². The minimum absolute atomic E-state index is 0.118. The molecule has 0 saturated carbocycles. The maximum Gasteiger partial charge on any atom is 0.306 e. The van der Waals surface area contributed by atoms with Gasteiger partial charge in [-0.05, 0) is 103 Å². The number of rotatable bonds is 47. The first-order chi connectivity index (χ1) is 34.4. The lowest BCUT2D eigenvalue weighted by Crippen LogP contribution is -2.59. The first-order valence-electron chi connectivity index (χ1n) is 28.0. The van der Waals surface area contributed by atoms with Gasteiger partial charge in [0.25, 0.3) is 0 Å². The van der Waals surface area contributed by atoms with E-state index in [1.807, 2.05) is 0 Å². The molecule has 9 heteroatoms. The van der Waals surface area contributed by atoms with Crippen molar-refractivity contribution in [3.63, 3.8) is 0 Å². The topological polar surface area (TPSA) is 135 Å². The van der Waals surface area contributed by atoms with Gasteiger partial charge in [0.2, 0.25) is 0 Å². The van der Waals surface area contributed by atoms with Crippen LogP contribution in [0.4, 0.5) is 0 Å². The molecule has 1 aliphatic heterocycles. The Morgan fingerprint density at radius 2 is 0.871 bits per heavy atom. The van der Waals surface area contributed by atoms with E-state index < -0.39 is 43.4 Å². The van der Waals surface area contributed by atoms with Gasteiger partial charge in [0.05, 0.1) is 19.8 Å². The van der Waals surface area contributed by atoms with Crippen LogP contribution >= 0.6 is 0 Å². The van der Waals surface area contributed by atoms with Gasteiger partial charge in [-0.2, -0.15) is 0 Å². The maximum absolute atomic E-state index is 12.9. The second-order valence-electron chi connectivity index (χ2n) is 18.6. The monoisotopic (exact) mass is 979 g/mol. The molecular formula is C61H102O9. The lowest BCUT2D eigenvalue weighted by atomic mass is 9.99. The number of aliphatic hydroxyl groups excluding tert-OH is 4. The van der Waals surface area contributed by atoms with Gasteiger partial charge >= 0.3 is 5.97 Å². The maximum atomic E-state index is 12.9. The van der Waals surface area contributed by atoms with E-state index in [9.17, 15) is 25.2 Å². The Kier molecular flexibility index (Phi) is 47.1. The summed E-state index contributed by atoms with van der Waals surface area (Å²) in [6.07, 6.45) is 65.6. The molecule has 70 heavy (non-hydrogen) atoms. The smallest absolute Gasteiger partial charge is 0.306 e. The van der Waals surface area contributed by atoms with Gasteiger partial charge < -0.3 is 39.4 Å². The van der Waals surface area contributed by atoms with Crippen molar-refractivity contribution in [1.82, 2.24) is 0 Å². The molecule has 400 valence electrons. The Morgan fingerprint density at radius 1 is 0.471 bits per heavy atom. The van der Waals surface area contributed by atoms with E-state index in [1.165, 1.54) is 96.3 Å². The predicted octanol–water partition coefficient (Wildman–Crippen LogP) is 14.5. The number of unbranched alkanes of at least 4 members (excludes halogenated alkanes) is 18. The molecule has 1 saturated heterocycles. The largest absolute Gasteiger partial charge is 0.457 e. The van der Waals surface area contributed by atoms with Crippen molar-refractivity contribution >= 4 is 5.97 Å². The molecule has 0 aromatic rings. The normalized spacial score (nSPS) is 19.8. The molecular weight excluding hydrogens is 877 g/mol. The Balaban J connectivity index is 2.22. The first-order valence-corrected chi connectivity index (χ1v) is 28.0. The lowest BCUT2D eigenvalue weighted by molar-refractivity contribution is -0.305. The number of aliphatic hydroxyl groups is 4. The molecule has 1 heterocycles. The van der Waals surface area contributed by atoms with Crippen LogP contribution in [0.3, 0.4) is 0 Å². The SMILES string of the molecule is CC/C=C\C/C=C\C/C=C\C/C=C\C/C=C\C/C=C\CCCCC(=O)OC(COCCCCCCCCCCCCC/C=C\C/C=C\C/C=C\CCCCCCC)COC1OC(CO)C(O)C(O)C1O. The van der Waals surface area contributed by atoms with E-state index in [0.29, 0.717) is 13.0 Å². The van der Waals surface area contributed by atoms with Crippen molar-refractivity contribution in [2.75, 3.05) is 26.4 Å². The van der Waals surface area contributed by atoms with E-state index in [4.69, 9.17) is 18.9 Å². The summed E-state index contributed by atoms with van der Waals surface area (Å²) in [6.45, 7) is 4.37. The van der Waals surface area contributed by atoms with Crippen LogP contribution in [-0.4, -0.2) is 89.6 Å². The molecule has 0 aromatic heterocycles. The molecule has 9 nitrogen and oxygen atoms in total. The van der Waals surface area contributed by atoms with E-state index in [2.05, 4.69) is 123 Å². The number of ether oxygens (including phenoxy) is 4. The minimum atomic E-state index is -1.55. The van der Waals surface area contributed by atoms with Crippen LogP contribution in [0.1, 0.15) is 206 Å². The lowest BCUT2D eigenvalue weighted by Gasteiger charge is -2.39. The molecule has 6 atom stereocenters. The van der Waals surface area contributed by atoms with Gasteiger partial charge in [-0.1, -0.05) is 207 Å². The van der Waals surface area contributed by atoms with Crippen LogP contribution in [0, 0.1) is 0 Å². The molecule has 0 amide bonds. The molecule has 1 aliphatic rings. The summed E-state index contributed by atoms with van der Waals surface area (Å²) >= 11 is 0. The molecule has 4 N–H and O–H groups in total. The average molecular weight is 979 g/mol. The third-order valence-corrected chi connectivity index (χ3v) is 12.2. The van der Waals surface area contributed by atoms with Gasteiger partial charge in [-0.25, -0.2) is 0 Å². The van der Waals surface area contributed by atoms with Crippen molar-refractivity contribution < 1.29 is 44.2 Å². The molecule has 0 spiro atoms. The second-order valence-corrected chi connectivity index (χ2v) is 18.6. The third kappa shape index (κ3) is 40.4. The van der Waals surface area contributed by atoms with Gasteiger partial charge in [0.15, 0.2) is 6.29 Å². The number of hydrogen-bond acceptors (Lipinski definition) is 9. The Labute approximate surface area is 427 Å². The molecule has 0 radical (unpaired) electrons. The zero-order valence-corrected chi connectivity index (χ0v) is 44.2. The summed E-state index contributed by atoms with van der Waals surface area (Å²) in [7, 11) is 0. The van der Waals surface area contributed by atoms with Crippen LogP contribution in [0.25, 0.3) is 0 Å². The van der Waals surface area contributed by atoms with Gasteiger partial charge in [0, 0.05) is 13.0 Å². The van der Waals surface area contributed by atoms with E-state index >= 15 is 0 Å². The highest BCUT2D eigenvalue weighted by molar-refractivity contribution is 5.69. The quantitative estimate of drug-likeness (QED) is 0.0267. The fraction of sp³-hybridized carbons (Fsp3) is 0.689. The standard InChI is InChI=1S/C61H102O9/c1-3-5-7-9-11-13-15-17-19-21-23-25-26-27-28-29-31-33-35-37-39-41-43-45-47-49-51-67-53-55(54-68-61-60(66)59(65)58(64)56(52-62)70-61)69-57(63)50-48-46-44-42-40-38-36-34-32-30-24-22-20-18-16-14-12-10-8-6-4-2/h6,8,12,14-15,17-18,20-21,23-24,26-27,30,34,36,40,42,55-56,58-62,64-66H,3-5,7,9-11,13,16,19,22,25,28-29,31-33,35,37-39,41,43-54H2,1-2H3/b8-6-,14-12-,17-15-,20-18-,23-21-,27-26-,30-24-,36-34-,42-40-. The van der Waals surface area contributed by atoms with E-state index in [-0.39, 0.29) is 25.6 Å². The zero-order valence-electron chi connectivity index (χ0n) is 44.2. The first kappa shape index (κ1) is 64.9. The van der Waals surface area contributed by atoms with E-state index in [1.54, 1.807) is 0 Å². The summed E-state index contributed by atoms with van der Waals surface area (Å²) in [5.74, 6) is -0.359. The summed E-state index contributed by atoms with van der Waals surface area (Å²) < 4.78 is 22.9. The van der Waals surface area contributed by atoms with Crippen LogP contribution in [0.15, 0.2) is 109 Å². The number of carbonyl (C=O) groups is 1. The van der Waals surface area contributed by atoms with Crippen molar-refractivity contribution in [3.8, 4) is 0 Å². The predicted molar refractivity (Wildman–Crippen MR) is 293 cm³/mol. The summed E-state index contributed by atoms with van der Waals surface area (Å²) in [6, 6.07) is 0. The molecule has 1 fully saturated rings. The van der Waals surface area contributed by atoms with Crippen LogP contribution < -0.4 is 0 Å². The van der Waals surface area contributed by atoms with Crippen molar-refractivity contribution in [3.05, 3.63) is 109 Å². The molecule has 1 rings (SSSR count). The second kappa shape index (κ2) is 50.8. The minimum Gasteiger partial charge on any atom is -0.457 e. The fourth-order valence-electron chi connectivity index (χ4n) is 7.85. The number of hydrogen-bond donors (Lipinski definition) is 4. The van der Waals surface area contributed by atoms with Crippen LogP contribution in [-0.2, 0) is 23.7 Å². The number of allylic oxidation sites excluding steroid dienone is 18. The highest BCUT2D eigenvalue weighted by atomic mass is 16.7. The summed E-state index contributed by atoms with van der Waals surface area (Å²) in [5, 5.41) is 40.3. The summed E-state index contributed by atoms with van der Waals surface area (Å²) in [5.41, 5.74) is 0. The average Bonchev–Trinajstić information content (AvgIpc) is 3.36. The molecule has 0 aliphatic carbocycles. The summed E-state index contributed by atoms with van der Waals surface area (Å²) in [4.78, 5) is 12.9. The fourth-order valence-corrected chi connectivity index (χ4v) is 7.85. The number of carbonyl (C=O) groups excluding carboxylic acids is 1. The van der Waals surface area contributed by atoms with Crippen molar-refractivity contribution in [2.24, 2.45) is 0 Å². The Hall–Kier alpha value is -3.15.